The molecule has 0 bridgehead atoms. The van der Waals surface area contributed by atoms with Crippen molar-refractivity contribution in [2.75, 3.05) is 0 Å². The van der Waals surface area contributed by atoms with Gasteiger partial charge in [-0.25, -0.2) is 0 Å². The molecule has 0 saturated carbocycles. The molecule has 12 heteroatoms. The summed E-state index contributed by atoms with van der Waals surface area (Å²) in [6.07, 6.45) is 2.31. The first kappa shape index (κ1) is 45.8. The average molecular weight is 906 g/mol. The smallest absolute Gasteiger partial charge is 0.550 e. The van der Waals surface area contributed by atoms with Gasteiger partial charge in [0.25, 0.3) is 0 Å². The minimum Gasteiger partial charge on any atom is -0.550 e. The number of carboxylic acids is 3. The summed E-state index contributed by atoms with van der Waals surface area (Å²) < 4.78 is 0. The van der Waals surface area contributed by atoms with Crippen molar-refractivity contribution in [2.24, 2.45) is 0 Å². The summed E-state index contributed by atoms with van der Waals surface area (Å²) in [5, 5.41) is 33.3. The number of hydrogen-bond acceptors (Lipinski definition) is 11. The van der Waals surface area contributed by atoms with E-state index in [1.165, 1.54) is 53.4 Å². The van der Waals surface area contributed by atoms with Gasteiger partial charge in [-0.2, -0.15) is 0 Å². The van der Waals surface area contributed by atoms with Crippen molar-refractivity contribution in [2.45, 2.75) is 40.0 Å². The minimum atomic E-state index is -1.31. The molecule has 2 heterocycles. The van der Waals surface area contributed by atoms with E-state index in [2.05, 4.69) is 82.8 Å². The number of aromatic nitrogens is 2. The molecule has 0 radical (unpaired) electrons. The number of carbonyl (C=O) groups excluding carboxylic acids is 6. The van der Waals surface area contributed by atoms with Crippen LogP contribution < -0.4 is 15.3 Å². The summed E-state index contributed by atoms with van der Waals surface area (Å²) in [6, 6.07) is 41.3. The molecule has 0 saturated heterocycles. The second-order valence-corrected chi connectivity index (χ2v) is 11.2. The molecule has 0 aliphatic rings. The minimum absolute atomic E-state index is 0. The molecule has 0 N–H and O–H groups in total. The number of benzene rings is 4. The van der Waals surface area contributed by atoms with Crippen LogP contribution >= 0.6 is 0 Å². The SMILES string of the molecule is CC(=O)CC(=O)[O-].CC(=O)CC(=O)[O-].CC(=O)CC(=O)[O-].[Ir+3].c1ccc(-c2nccc3ccccc23)cc1.c1ccc(-c2nccc3ccccc23)cc1. The third-order valence-electron chi connectivity index (χ3n) is 6.62. The number of fused-ring (bicyclic) bond motifs is 2. The molecule has 6 aromatic rings. The Bertz CT molecular complexity index is 1920. The number of rotatable bonds is 8. The van der Waals surface area contributed by atoms with Crippen molar-refractivity contribution in [1.29, 1.82) is 0 Å². The predicted molar refractivity (Wildman–Crippen MR) is 195 cm³/mol. The van der Waals surface area contributed by atoms with E-state index in [0.717, 1.165) is 11.4 Å². The maximum Gasteiger partial charge on any atom is 3.00 e. The van der Waals surface area contributed by atoms with Gasteiger partial charge in [0.1, 0.15) is 17.3 Å². The summed E-state index contributed by atoms with van der Waals surface area (Å²) in [7, 11) is 0. The Balaban J connectivity index is 0.000000359. The number of hydrogen-bond donors (Lipinski definition) is 0. The zero-order valence-electron chi connectivity index (χ0n) is 29.7. The normalized spacial score (nSPS) is 9.39. The van der Waals surface area contributed by atoms with Gasteiger partial charge in [0.2, 0.25) is 0 Å². The van der Waals surface area contributed by atoms with Crippen LogP contribution in [0.1, 0.15) is 40.0 Å². The number of Topliss-reactive ketones (excluding diaryl/α,β-unsaturated/α-hetero) is 3. The van der Waals surface area contributed by atoms with Crippen LogP contribution in [0.4, 0.5) is 0 Å². The maximum atomic E-state index is 9.83. The van der Waals surface area contributed by atoms with E-state index in [-0.39, 0.29) is 37.5 Å². The molecule has 6 rings (SSSR count). The summed E-state index contributed by atoms with van der Waals surface area (Å²) in [6.45, 7) is 3.61. The number of ketones is 3. The molecule has 2 aromatic heterocycles. The van der Waals surface area contributed by atoms with E-state index in [1.54, 1.807) is 0 Å². The van der Waals surface area contributed by atoms with Gasteiger partial charge < -0.3 is 29.7 Å². The van der Waals surface area contributed by atoms with E-state index in [4.69, 9.17) is 0 Å². The van der Waals surface area contributed by atoms with Crippen LogP contribution in [0.15, 0.2) is 134 Å². The Labute approximate surface area is 326 Å². The third-order valence-corrected chi connectivity index (χ3v) is 6.62. The molecule has 0 unspecified atom stereocenters. The van der Waals surface area contributed by atoms with Gasteiger partial charge in [-0.3, -0.25) is 24.4 Å². The molecule has 54 heavy (non-hydrogen) atoms. The summed E-state index contributed by atoms with van der Waals surface area (Å²) >= 11 is 0. The molecule has 0 fully saturated rings. The van der Waals surface area contributed by atoms with Crippen molar-refractivity contribution in [3.63, 3.8) is 0 Å². The van der Waals surface area contributed by atoms with Crippen LogP contribution in [-0.4, -0.2) is 45.2 Å². The molecular formula is C42H37IrN2O9. The molecule has 278 valence electrons. The molecule has 0 aliphatic heterocycles. The van der Waals surface area contributed by atoms with E-state index in [9.17, 15) is 44.1 Å². The van der Waals surface area contributed by atoms with Crippen LogP contribution in [0.2, 0.25) is 0 Å². The monoisotopic (exact) mass is 906 g/mol. The van der Waals surface area contributed by atoms with Gasteiger partial charge in [-0.15, -0.1) is 0 Å². The standard InChI is InChI=1S/2C15H11N.3C4H6O3.Ir/c2*1-2-7-13(8-3-1)15-14-9-5-4-6-12(14)10-11-16-15;3*1-3(5)2-4(6)7;/h2*1-11H;3*2H2,1H3,(H,6,7);/q;;;;;+3/p-3. The predicted octanol–water partition coefficient (Wildman–Crippen LogP) is 3.95. The molecular weight excluding hydrogens is 869 g/mol. The maximum absolute atomic E-state index is 9.83. The molecule has 4 aromatic carbocycles. The summed E-state index contributed by atoms with van der Waals surface area (Å²) in [5.74, 6) is -5.06. The van der Waals surface area contributed by atoms with E-state index in [1.807, 2.05) is 60.9 Å². The van der Waals surface area contributed by atoms with Crippen LogP contribution in [0.5, 0.6) is 0 Å². The summed E-state index contributed by atoms with van der Waals surface area (Å²) in [5.41, 5.74) is 4.44. The van der Waals surface area contributed by atoms with Gasteiger partial charge in [0.05, 0.1) is 11.4 Å². The van der Waals surface area contributed by atoms with Crippen LogP contribution in [0, 0.1) is 0 Å². The number of carbonyl (C=O) groups is 6. The molecule has 0 amide bonds. The number of carboxylic acid groups (broad SMARTS) is 3. The number of aliphatic carboxylic acids is 3. The van der Waals surface area contributed by atoms with Gasteiger partial charge >= 0.3 is 20.1 Å². The largest absolute Gasteiger partial charge is 3.00 e. The van der Waals surface area contributed by atoms with Crippen molar-refractivity contribution in [3.05, 3.63) is 134 Å². The molecule has 0 atom stereocenters. The van der Waals surface area contributed by atoms with Gasteiger partial charge in [-0.1, -0.05) is 109 Å². The van der Waals surface area contributed by atoms with E-state index < -0.39 is 37.2 Å². The second kappa shape index (κ2) is 24.9. The van der Waals surface area contributed by atoms with Crippen molar-refractivity contribution >= 4 is 56.8 Å². The third kappa shape index (κ3) is 17.8. The molecule has 11 nitrogen and oxygen atoms in total. The van der Waals surface area contributed by atoms with Crippen LogP contribution in [-0.2, 0) is 48.9 Å². The quantitative estimate of drug-likeness (QED) is 0.201. The Morgan fingerprint density at radius 3 is 0.963 bits per heavy atom. The van der Waals surface area contributed by atoms with E-state index >= 15 is 0 Å². The molecule has 0 spiro atoms. The topological polar surface area (TPSA) is 197 Å². The Morgan fingerprint density at radius 2 is 0.704 bits per heavy atom. The Hall–Kier alpha value is -6.23. The van der Waals surface area contributed by atoms with Crippen molar-refractivity contribution in [3.8, 4) is 22.5 Å². The van der Waals surface area contributed by atoms with Gasteiger partial charge in [0, 0.05) is 71.5 Å². The van der Waals surface area contributed by atoms with Gasteiger partial charge in [-0.05, 0) is 43.7 Å². The zero-order chi connectivity index (χ0) is 39.2. The van der Waals surface area contributed by atoms with Crippen molar-refractivity contribution < 1.29 is 64.2 Å². The fourth-order valence-corrected chi connectivity index (χ4v) is 4.50. The fraction of sp³-hybridized carbons (Fsp3) is 0.143. The average Bonchev–Trinajstić information content (AvgIpc) is 3.11. The van der Waals surface area contributed by atoms with E-state index in [0.29, 0.717) is 0 Å². The zero-order valence-corrected chi connectivity index (χ0v) is 32.1. The van der Waals surface area contributed by atoms with Gasteiger partial charge in [0.15, 0.2) is 0 Å². The molecule has 0 aliphatic carbocycles. The second-order valence-electron chi connectivity index (χ2n) is 11.2. The Kier molecular flexibility index (Phi) is 21.1. The number of nitrogens with zero attached hydrogens (tertiary/aromatic N) is 2. The first-order valence-electron chi connectivity index (χ1n) is 16.1. The van der Waals surface area contributed by atoms with Crippen molar-refractivity contribution in [1.82, 2.24) is 9.97 Å². The summed E-state index contributed by atoms with van der Waals surface area (Å²) in [4.78, 5) is 66.9. The van der Waals surface area contributed by atoms with Crippen LogP contribution in [0.25, 0.3) is 44.1 Å². The van der Waals surface area contributed by atoms with Crippen LogP contribution in [0.3, 0.4) is 0 Å². The number of pyridine rings is 2. The fourth-order valence-electron chi connectivity index (χ4n) is 4.50. The first-order chi connectivity index (χ1) is 25.3. The Morgan fingerprint density at radius 1 is 0.426 bits per heavy atom. The first-order valence-corrected chi connectivity index (χ1v) is 16.1.